The molecule has 1 aliphatic rings. The molecule has 1 saturated carbocycles. The Bertz CT molecular complexity index is 1090. The molecule has 8 heteroatoms. The van der Waals surface area contributed by atoms with E-state index >= 15 is 0 Å². The number of fused-ring (bicyclic) bond motifs is 1. The maximum absolute atomic E-state index is 7.43. The van der Waals surface area contributed by atoms with Crippen LogP contribution in [0.1, 0.15) is 29.8 Å². The Balaban J connectivity index is 1.77. The highest BCUT2D eigenvalue weighted by Crippen LogP contribution is 2.41. The van der Waals surface area contributed by atoms with Crippen molar-refractivity contribution in [2.24, 2.45) is 0 Å². The monoisotopic (exact) mass is 410 g/mol. The Hall–Kier alpha value is -3.05. The average molecular weight is 410 g/mol. The van der Waals surface area contributed by atoms with Crippen molar-refractivity contribution in [2.75, 3.05) is 26.6 Å². The van der Waals surface area contributed by atoms with Gasteiger partial charge in [0.1, 0.15) is 16.5 Å². The van der Waals surface area contributed by atoms with E-state index in [4.69, 9.17) is 30.8 Å². The third-order valence-corrected chi connectivity index (χ3v) is 6.00. The lowest BCUT2D eigenvalue weighted by Gasteiger charge is -2.14. The van der Waals surface area contributed by atoms with Crippen LogP contribution in [0.4, 0.5) is 10.8 Å². The van der Waals surface area contributed by atoms with Gasteiger partial charge in [-0.3, -0.25) is 0 Å². The van der Waals surface area contributed by atoms with E-state index in [1.807, 2.05) is 19.1 Å². The summed E-state index contributed by atoms with van der Waals surface area (Å²) in [6.07, 6.45) is 2.80. The fourth-order valence-electron chi connectivity index (χ4n) is 3.30. The molecule has 0 unspecified atom stereocenters. The molecule has 1 aliphatic carbocycles. The molecule has 29 heavy (non-hydrogen) atoms. The summed E-state index contributed by atoms with van der Waals surface area (Å²) in [5.74, 6) is 3.26. The Morgan fingerprint density at radius 2 is 1.83 bits per heavy atom. The molecule has 150 valence electrons. The number of aryl methyl sites for hydroxylation is 1. The maximum Gasteiger partial charge on any atom is 0.246 e. The largest absolute Gasteiger partial charge is 0.493 e. The summed E-state index contributed by atoms with van der Waals surface area (Å²) in [7, 11) is 4.78. The van der Waals surface area contributed by atoms with Crippen LogP contribution < -0.4 is 19.5 Å². The SMILES string of the molecule is [C-]#[N+]c1sc2nc(Cc3cc(OC)c(OC)c(OC)c3)nc(NC3CC3)c2c1C. The smallest absolute Gasteiger partial charge is 0.246 e. The highest BCUT2D eigenvalue weighted by molar-refractivity contribution is 7.22. The third kappa shape index (κ3) is 3.66. The zero-order valence-electron chi connectivity index (χ0n) is 16.8. The predicted molar refractivity (Wildman–Crippen MR) is 114 cm³/mol. The number of nitrogens with zero attached hydrogens (tertiary/aromatic N) is 3. The second kappa shape index (κ2) is 7.76. The van der Waals surface area contributed by atoms with Crippen molar-refractivity contribution in [3.63, 3.8) is 0 Å². The van der Waals surface area contributed by atoms with E-state index in [0.29, 0.717) is 40.5 Å². The number of ether oxygens (including phenoxy) is 3. The molecule has 2 aromatic heterocycles. The van der Waals surface area contributed by atoms with Crippen LogP contribution in [-0.2, 0) is 6.42 Å². The Morgan fingerprint density at radius 3 is 2.38 bits per heavy atom. The van der Waals surface area contributed by atoms with Crippen molar-refractivity contribution in [3.05, 3.63) is 40.5 Å². The van der Waals surface area contributed by atoms with Crippen molar-refractivity contribution in [1.82, 2.24) is 9.97 Å². The third-order valence-electron chi connectivity index (χ3n) is 4.92. The zero-order chi connectivity index (χ0) is 20.5. The first-order valence-electron chi connectivity index (χ1n) is 9.30. The average Bonchev–Trinajstić information content (AvgIpc) is 3.48. The van der Waals surface area contributed by atoms with Crippen molar-refractivity contribution >= 4 is 32.4 Å². The molecule has 0 atom stereocenters. The van der Waals surface area contributed by atoms with Crippen LogP contribution in [0, 0.1) is 13.5 Å². The molecule has 1 N–H and O–H groups in total. The second-order valence-corrected chi connectivity index (χ2v) is 7.92. The number of nitrogens with one attached hydrogen (secondary N) is 1. The van der Waals surface area contributed by atoms with Gasteiger partial charge in [0.05, 0.1) is 27.9 Å². The van der Waals surface area contributed by atoms with Crippen molar-refractivity contribution in [1.29, 1.82) is 0 Å². The van der Waals surface area contributed by atoms with Crippen molar-refractivity contribution < 1.29 is 14.2 Å². The van der Waals surface area contributed by atoms with Gasteiger partial charge in [0.2, 0.25) is 10.8 Å². The highest BCUT2D eigenvalue weighted by Gasteiger charge is 2.25. The maximum atomic E-state index is 7.43. The molecule has 1 fully saturated rings. The molecule has 0 saturated heterocycles. The van der Waals surface area contributed by atoms with Crippen LogP contribution in [0.3, 0.4) is 0 Å². The number of methoxy groups -OCH3 is 3. The molecule has 1 aromatic carbocycles. The number of hydrogen-bond acceptors (Lipinski definition) is 7. The summed E-state index contributed by atoms with van der Waals surface area (Å²) in [5.41, 5.74) is 1.90. The first-order chi connectivity index (χ1) is 14.1. The van der Waals surface area contributed by atoms with Gasteiger partial charge in [0.15, 0.2) is 11.5 Å². The summed E-state index contributed by atoms with van der Waals surface area (Å²) in [5, 5.41) is 5.13. The van der Waals surface area contributed by atoms with Crippen LogP contribution in [-0.4, -0.2) is 37.3 Å². The van der Waals surface area contributed by atoms with E-state index in [9.17, 15) is 0 Å². The van der Waals surface area contributed by atoms with Crippen LogP contribution in [0.5, 0.6) is 17.2 Å². The molecule has 0 amide bonds. The van der Waals surface area contributed by atoms with E-state index in [2.05, 4.69) is 10.2 Å². The topological polar surface area (TPSA) is 69.9 Å². The number of benzene rings is 1. The van der Waals surface area contributed by atoms with Gasteiger partial charge in [-0.2, -0.15) is 0 Å². The minimum atomic E-state index is 0.456. The normalized spacial score (nSPS) is 13.2. The van der Waals surface area contributed by atoms with Crippen LogP contribution in [0.25, 0.3) is 15.1 Å². The summed E-state index contributed by atoms with van der Waals surface area (Å²) in [6.45, 7) is 9.39. The summed E-state index contributed by atoms with van der Waals surface area (Å²) in [6, 6.07) is 4.28. The summed E-state index contributed by atoms with van der Waals surface area (Å²) >= 11 is 1.42. The van der Waals surface area contributed by atoms with E-state index < -0.39 is 0 Å². The van der Waals surface area contributed by atoms with Gasteiger partial charge in [-0.05, 0) is 43.0 Å². The molecule has 4 rings (SSSR count). The quantitative estimate of drug-likeness (QED) is 0.567. The van der Waals surface area contributed by atoms with Gasteiger partial charge >= 0.3 is 0 Å². The van der Waals surface area contributed by atoms with Crippen LogP contribution in [0.15, 0.2) is 12.1 Å². The first kappa shape index (κ1) is 19.3. The Labute approximate surface area is 173 Å². The van der Waals surface area contributed by atoms with Crippen LogP contribution >= 0.6 is 11.3 Å². The molecule has 0 bridgehead atoms. The molecule has 0 aliphatic heterocycles. The van der Waals surface area contributed by atoms with Gasteiger partial charge in [0, 0.05) is 17.8 Å². The Morgan fingerprint density at radius 1 is 1.14 bits per heavy atom. The van der Waals surface area contributed by atoms with Crippen molar-refractivity contribution in [3.8, 4) is 17.2 Å². The molecule has 0 radical (unpaired) electrons. The first-order valence-corrected chi connectivity index (χ1v) is 10.1. The molecular formula is C21H22N4O3S. The highest BCUT2D eigenvalue weighted by atomic mass is 32.1. The van der Waals surface area contributed by atoms with Gasteiger partial charge in [0.25, 0.3) is 0 Å². The standard InChI is InChI=1S/C21H22N4O3S/c1-11-17-19(23-13-6-7-13)24-16(25-21(17)29-20(11)22-2)10-12-8-14(26-3)18(28-5)15(9-12)27-4/h8-9,13H,6-7,10H2,1,3-5H3,(H,23,24,25). The van der Waals surface area contributed by atoms with Gasteiger partial charge in [-0.25, -0.2) is 14.8 Å². The number of hydrogen-bond donors (Lipinski definition) is 1. The van der Waals surface area contributed by atoms with E-state index in [0.717, 1.165) is 40.0 Å². The summed E-state index contributed by atoms with van der Waals surface area (Å²) in [4.78, 5) is 14.0. The molecular weight excluding hydrogens is 388 g/mol. The fraction of sp³-hybridized carbons (Fsp3) is 0.381. The summed E-state index contributed by atoms with van der Waals surface area (Å²) < 4.78 is 16.3. The Kier molecular flexibility index (Phi) is 5.16. The van der Waals surface area contributed by atoms with Gasteiger partial charge in [-0.1, -0.05) is 0 Å². The zero-order valence-corrected chi connectivity index (χ0v) is 17.6. The van der Waals surface area contributed by atoms with Crippen LogP contribution in [0.2, 0.25) is 0 Å². The number of rotatable bonds is 7. The lowest BCUT2D eigenvalue weighted by molar-refractivity contribution is 0.324. The fourth-order valence-corrected chi connectivity index (χ4v) is 4.29. The van der Waals surface area contributed by atoms with Gasteiger partial charge in [-0.15, -0.1) is 11.3 Å². The lowest BCUT2D eigenvalue weighted by Crippen LogP contribution is -2.07. The molecule has 7 nitrogen and oxygen atoms in total. The second-order valence-electron chi connectivity index (χ2n) is 6.94. The number of thiophene rings is 1. The molecule has 0 spiro atoms. The number of aromatic nitrogens is 2. The van der Waals surface area contributed by atoms with Gasteiger partial charge < -0.3 is 19.5 Å². The molecule has 2 heterocycles. The molecule has 3 aromatic rings. The lowest BCUT2D eigenvalue weighted by atomic mass is 10.1. The number of anilines is 1. The van der Waals surface area contributed by atoms with Crippen molar-refractivity contribution in [2.45, 2.75) is 32.2 Å². The van der Waals surface area contributed by atoms with E-state index in [1.165, 1.54) is 11.3 Å². The minimum absolute atomic E-state index is 0.456. The minimum Gasteiger partial charge on any atom is -0.493 e. The predicted octanol–water partition coefficient (Wildman–Crippen LogP) is 4.74. The van der Waals surface area contributed by atoms with E-state index in [1.54, 1.807) is 21.3 Å². The van der Waals surface area contributed by atoms with E-state index in [-0.39, 0.29) is 0 Å².